The molecule has 6 nitrogen and oxygen atoms in total. The second kappa shape index (κ2) is 9.52. The van der Waals surface area contributed by atoms with Crippen LogP contribution in [0.15, 0.2) is 36.4 Å². The summed E-state index contributed by atoms with van der Waals surface area (Å²) in [5, 5.41) is 3.49. The Morgan fingerprint density at radius 2 is 1.62 bits per heavy atom. The minimum absolute atomic E-state index is 0.132. The number of carbonyl (C=O) groups is 2. The molecule has 3 N–H and O–H groups in total. The number of hydrogen-bond acceptors (Lipinski definition) is 4. The van der Waals surface area contributed by atoms with Crippen molar-refractivity contribution in [2.24, 2.45) is 5.73 Å². The van der Waals surface area contributed by atoms with E-state index in [-0.39, 0.29) is 41.3 Å². The molecule has 2 aromatic carbocycles. The van der Waals surface area contributed by atoms with Crippen LogP contribution in [0.2, 0.25) is 15.1 Å². The van der Waals surface area contributed by atoms with E-state index in [1.54, 1.807) is 24.3 Å². The lowest BCUT2D eigenvalue weighted by Gasteiger charge is -2.10. The summed E-state index contributed by atoms with van der Waals surface area (Å²) in [6, 6.07) is 9.52. The van der Waals surface area contributed by atoms with Gasteiger partial charge in [-0.1, -0.05) is 34.8 Å². The van der Waals surface area contributed by atoms with Gasteiger partial charge in [0.1, 0.15) is 11.5 Å². The van der Waals surface area contributed by atoms with Gasteiger partial charge in [0.2, 0.25) is 5.91 Å². The van der Waals surface area contributed by atoms with E-state index >= 15 is 0 Å². The van der Waals surface area contributed by atoms with Crippen LogP contribution in [0.4, 0.5) is 5.69 Å². The molecule has 138 valence electrons. The van der Waals surface area contributed by atoms with Crippen LogP contribution < -0.4 is 20.5 Å². The molecular weight excluding hydrogens is 403 g/mol. The number of carbonyl (C=O) groups excluding carboxylic acids is 2. The zero-order chi connectivity index (χ0) is 19.1. The lowest BCUT2D eigenvalue weighted by atomic mass is 10.3. The third kappa shape index (κ3) is 6.29. The summed E-state index contributed by atoms with van der Waals surface area (Å²) in [5.74, 6) is 0.00278. The van der Waals surface area contributed by atoms with Gasteiger partial charge in [0.25, 0.3) is 5.91 Å². The van der Waals surface area contributed by atoms with Gasteiger partial charge in [0, 0.05) is 11.8 Å². The van der Waals surface area contributed by atoms with Crippen LogP contribution in [0.1, 0.15) is 6.42 Å². The second-order valence-corrected chi connectivity index (χ2v) is 6.34. The van der Waals surface area contributed by atoms with Crippen LogP contribution >= 0.6 is 34.8 Å². The van der Waals surface area contributed by atoms with E-state index in [1.807, 2.05) is 0 Å². The maximum absolute atomic E-state index is 12.0. The number of rotatable bonds is 8. The van der Waals surface area contributed by atoms with Crippen molar-refractivity contribution in [1.82, 2.24) is 0 Å². The van der Waals surface area contributed by atoms with Gasteiger partial charge < -0.3 is 20.5 Å². The van der Waals surface area contributed by atoms with E-state index in [0.29, 0.717) is 16.5 Å². The molecule has 2 amide bonds. The molecule has 0 spiro atoms. The first-order valence-electron chi connectivity index (χ1n) is 7.43. The summed E-state index contributed by atoms with van der Waals surface area (Å²) >= 11 is 17.7. The molecule has 0 heterocycles. The number of anilines is 1. The van der Waals surface area contributed by atoms with Crippen LogP contribution in [-0.4, -0.2) is 25.0 Å². The highest BCUT2D eigenvalue weighted by molar-refractivity contribution is 6.43. The SMILES string of the molecule is NC(=O)CCOc1ccc(NC(=O)COc2cc(Cl)c(Cl)cc2Cl)cc1. The van der Waals surface area contributed by atoms with Crippen molar-refractivity contribution in [1.29, 1.82) is 0 Å². The molecule has 0 fully saturated rings. The summed E-state index contributed by atoms with van der Waals surface area (Å²) in [7, 11) is 0. The fourth-order valence-electron chi connectivity index (χ4n) is 1.86. The predicted octanol–water partition coefficient (Wildman–Crippen LogP) is 3.92. The lowest BCUT2D eigenvalue weighted by Crippen LogP contribution is -2.20. The Balaban J connectivity index is 1.84. The highest BCUT2D eigenvalue weighted by atomic mass is 35.5. The minimum Gasteiger partial charge on any atom is -0.493 e. The number of hydrogen-bond donors (Lipinski definition) is 2. The van der Waals surface area contributed by atoms with Gasteiger partial charge >= 0.3 is 0 Å². The molecule has 0 atom stereocenters. The van der Waals surface area contributed by atoms with E-state index in [2.05, 4.69) is 5.32 Å². The number of halogens is 3. The lowest BCUT2D eigenvalue weighted by molar-refractivity contribution is -0.119. The Hall–Kier alpha value is -2.15. The van der Waals surface area contributed by atoms with Crippen molar-refractivity contribution in [3.63, 3.8) is 0 Å². The van der Waals surface area contributed by atoms with Crippen molar-refractivity contribution >= 4 is 52.3 Å². The number of ether oxygens (including phenoxy) is 2. The van der Waals surface area contributed by atoms with Gasteiger partial charge in [-0.05, 0) is 30.3 Å². The fraction of sp³-hybridized carbons (Fsp3) is 0.176. The normalized spacial score (nSPS) is 10.3. The Bertz CT molecular complexity index is 797. The topological polar surface area (TPSA) is 90.7 Å². The highest BCUT2D eigenvalue weighted by Gasteiger charge is 2.10. The minimum atomic E-state index is -0.434. The number of benzene rings is 2. The average Bonchev–Trinajstić information content (AvgIpc) is 2.58. The van der Waals surface area contributed by atoms with E-state index in [9.17, 15) is 9.59 Å². The number of primary amides is 1. The smallest absolute Gasteiger partial charge is 0.262 e. The summed E-state index contributed by atoms with van der Waals surface area (Å²) in [6.07, 6.45) is 0.132. The molecule has 2 rings (SSSR count). The first kappa shape index (κ1) is 20.2. The van der Waals surface area contributed by atoms with Gasteiger partial charge in [0.15, 0.2) is 6.61 Å². The molecule has 0 unspecified atom stereocenters. The van der Waals surface area contributed by atoms with E-state index in [1.165, 1.54) is 12.1 Å². The molecule has 0 aliphatic rings. The zero-order valence-corrected chi connectivity index (χ0v) is 15.7. The maximum atomic E-state index is 12.0. The van der Waals surface area contributed by atoms with E-state index in [0.717, 1.165) is 0 Å². The fourth-order valence-corrected chi connectivity index (χ4v) is 2.45. The van der Waals surface area contributed by atoms with Crippen molar-refractivity contribution in [3.8, 4) is 11.5 Å². The van der Waals surface area contributed by atoms with E-state index in [4.69, 9.17) is 50.0 Å². The average molecular weight is 418 g/mol. The van der Waals surface area contributed by atoms with Crippen LogP contribution in [0.3, 0.4) is 0 Å². The first-order chi connectivity index (χ1) is 12.3. The molecule has 0 saturated carbocycles. The summed E-state index contributed by atoms with van der Waals surface area (Å²) in [5.41, 5.74) is 5.59. The number of amides is 2. The maximum Gasteiger partial charge on any atom is 0.262 e. The standard InChI is InChI=1S/C17H15Cl3N2O4/c18-12-7-14(20)15(8-13(12)19)26-9-17(24)22-10-1-3-11(4-2-10)25-6-5-16(21)23/h1-4,7-8H,5-6,9H2,(H2,21,23)(H,22,24). The number of nitrogens with two attached hydrogens (primary N) is 1. The third-order valence-corrected chi connectivity index (χ3v) is 4.11. The molecule has 0 aliphatic heterocycles. The number of nitrogens with one attached hydrogen (secondary N) is 1. The molecule has 2 aromatic rings. The van der Waals surface area contributed by atoms with Crippen LogP contribution in [0, 0.1) is 0 Å². The highest BCUT2D eigenvalue weighted by Crippen LogP contribution is 2.33. The van der Waals surface area contributed by atoms with Gasteiger partial charge in [0.05, 0.1) is 28.1 Å². The quantitative estimate of drug-likeness (QED) is 0.637. The van der Waals surface area contributed by atoms with Gasteiger partial charge in [-0.3, -0.25) is 9.59 Å². The van der Waals surface area contributed by atoms with Crippen molar-refractivity contribution in [2.45, 2.75) is 6.42 Å². The Kier molecular flexibility index (Phi) is 7.38. The van der Waals surface area contributed by atoms with Crippen molar-refractivity contribution in [2.75, 3.05) is 18.5 Å². The van der Waals surface area contributed by atoms with Gasteiger partial charge in [-0.2, -0.15) is 0 Å². The Morgan fingerprint density at radius 3 is 2.27 bits per heavy atom. The van der Waals surface area contributed by atoms with Crippen LogP contribution in [0.25, 0.3) is 0 Å². The summed E-state index contributed by atoms with van der Waals surface area (Å²) < 4.78 is 10.7. The molecule has 0 radical (unpaired) electrons. The Labute approximate surface area is 165 Å². The molecule has 0 bridgehead atoms. The van der Waals surface area contributed by atoms with Crippen LogP contribution in [0.5, 0.6) is 11.5 Å². The summed E-state index contributed by atoms with van der Waals surface area (Å²) in [6.45, 7) is -0.0617. The van der Waals surface area contributed by atoms with Crippen molar-refractivity contribution < 1.29 is 19.1 Å². The monoisotopic (exact) mass is 416 g/mol. The molecule has 9 heteroatoms. The van der Waals surface area contributed by atoms with Crippen LogP contribution in [-0.2, 0) is 9.59 Å². The molecule has 0 aromatic heterocycles. The zero-order valence-electron chi connectivity index (χ0n) is 13.4. The molecule has 26 heavy (non-hydrogen) atoms. The summed E-state index contributed by atoms with van der Waals surface area (Å²) in [4.78, 5) is 22.6. The first-order valence-corrected chi connectivity index (χ1v) is 8.57. The molecular formula is C17H15Cl3N2O4. The predicted molar refractivity (Wildman–Crippen MR) is 101 cm³/mol. The van der Waals surface area contributed by atoms with Crippen molar-refractivity contribution in [3.05, 3.63) is 51.5 Å². The third-order valence-electron chi connectivity index (χ3n) is 3.09. The van der Waals surface area contributed by atoms with E-state index < -0.39 is 5.91 Å². The largest absolute Gasteiger partial charge is 0.493 e. The molecule has 0 aliphatic carbocycles. The molecule has 0 saturated heterocycles. The Morgan fingerprint density at radius 1 is 0.962 bits per heavy atom. The van der Waals surface area contributed by atoms with Gasteiger partial charge in [-0.15, -0.1) is 0 Å². The van der Waals surface area contributed by atoms with Gasteiger partial charge in [-0.25, -0.2) is 0 Å². The second-order valence-electron chi connectivity index (χ2n) is 5.12.